The van der Waals surface area contributed by atoms with Gasteiger partial charge in [-0.05, 0) is 37.1 Å². The van der Waals surface area contributed by atoms with Gasteiger partial charge in [0.1, 0.15) is 17.2 Å². The Morgan fingerprint density at radius 2 is 1.78 bits per heavy atom. The van der Waals surface area contributed by atoms with E-state index in [-0.39, 0.29) is 11.9 Å². The van der Waals surface area contributed by atoms with E-state index in [1.807, 2.05) is 24.3 Å². The molecule has 1 saturated heterocycles. The number of rotatable bonds is 6. The summed E-state index contributed by atoms with van der Waals surface area (Å²) < 4.78 is 21.3. The van der Waals surface area contributed by atoms with Crippen LogP contribution in [0.3, 0.4) is 0 Å². The molecular weight excluding hydrogens is 412 g/mol. The third-order valence-electron chi connectivity index (χ3n) is 5.55. The van der Waals surface area contributed by atoms with Crippen molar-refractivity contribution in [2.24, 2.45) is 0 Å². The van der Waals surface area contributed by atoms with Crippen LogP contribution in [0.2, 0.25) is 0 Å². The number of anilines is 1. The minimum absolute atomic E-state index is 0.112. The van der Waals surface area contributed by atoms with Gasteiger partial charge in [0.25, 0.3) is 0 Å². The van der Waals surface area contributed by atoms with Crippen LogP contribution in [0.15, 0.2) is 47.0 Å². The molecule has 0 radical (unpaired) electrons. The van der Waals surface area contributed by atoms with Crippen molar-refractivity contribution in [1.82, 2.24) is 15.0 Å². The fraction of sp³-hybridized carbons (Fsp3) is 0.348. The number of methoxy groups -OCH3 is 3. The second-order valence-electron chi connectivity index (χ2n) is 7.45. The number of amides is 2. The van der Waals surface area contributed by atoms with Gasteiger partial charge in [-0.15, -0.1) is 0 Å². The molecule has 32 heavy (non-hydrogen) atoms. The Hall–Kier alpha value is -3.75. The normalized spacial score (nSPS) is 14.2. The number of carbonyl (C=O) groups is 1. The maximum Gasteiger partial charge on any atom is 0.321 e. The maximum atomic E-state index is 12.7. The summed E-state index contributed by atoms with van der Waals surface area (Å²) in [6, 6.07) is 12.6. The zero-order valence-electron chi connectivity index (χ0n) is 18.3. The van der Waals surface area contributed by atoms with Gasteiger partial charge < -0.3 is 29.0 Å². The average molecular weight is 438 g/mol. The van der Waals surface area contributed by atoms with Crippen molar-refractivity contribution in [3.8, 4) is 28.6 Å². The first-order valence-electron chi connectivity index (χ1n) is 10.4. The molecule has 0 bridgehead atoms. The Balaban J connectivity index is 1.36. The largest absolute Gasteiger partial charge is 0.497 e. The van der Waals surface area contributed by atoms with Gasteiger partial charge >= 0.3 is 6.03 Å². The molecule has 2 amide bonds. The lowest BCUT2D eigenvalue weighted by Gasteiger charge is -2.30. The molecule has 9 nitrogen and oxygen atoms in total. The summed E-state index contributed by atoms with van der Waals surface area (Å²) in [4.78, 5) is 19.1. The summed E-state index contributed by atoms with van der Waals surface area (Å²) in [7, 11) is 4.76. The van der Waals surface area contributed by atoms with E-state index in [1.165, 1.54) is 0 Å². The summed E-state index contributed by atoms with van der Waals surface area (Å²) in [5.74, 6) is 3.19. The fourth-order valence-corrected chi connectivity index (χ4v) is 3.71. The van der Waals surface area contributed by atoms with E-state index in [9.17, 15) is 4.79 Å². The van der Waals surface area contributed by atoms with Crippen molar-refractivity contribution < 1.29 is 23.5 Å². The van der Waals surface area contributed by atoms with E-state index in [0.717, 1.165) is 24.2 Å². The molecule has 9 heteroatoms. The van der Waals surface area contributed by atoms with Crippen LogP contribution in [-0.2, 0) is 0 Å². The van der Waals surface area contributed by atoms with Crippen molar-refractivity contribution in [3.63, 3.8) is 0 Å². The van der Waals surface area contributed by atoms with Gasteiger partial charge in [0.05, 0.1) is 27.0 Å². The number of nitrogens with zero attached hydrogens (tertiary/aromatic N) is 3. The van der Waals surface area contributed by atoms with E-state index < -0.39 is 0 Å². The van der Waals surface area contributed by atoms with Gasteiger partial charge in [-0.25, -0.2) is 4.79 Å². The lowest BCUT2D eigenvalue weighted by Crippen LogP contribution is -2.40. The fourth-order valence-electron chi connectivity index (χ4n) is 3.71. The standard InChI is InChI=1S/C23H26N4O5/c1-29-17-6-4-5-16(13-17)21-25-22(32-26-21)15-9-11-27(12-10-15)23(28)24-19-8-7-18(30-2)14-20(19)31-3/h4-8,13-15H,9-12H2,1-3H3,(H,24,28). The highest BCUT2D eigenvalue weighted by Crippen LogP contribution is 2.31. The van der Waals surface area contributed by atoms with Gasteiger partial charge in [-0.3, -0.25) is 0 Å². The highest BCUT2D eigenvalue weighted by Gasteiger charge is 2.28. The van der Waals surface area contributed by atoms with Crippen molar-refractivity contribution in [2.75, 3.05) is 39.7 Å². The van der Waals surface area contributed by atoms with Crippen LogP contribution in [-0.4, -0.2) is 55.5 Å². The number of likely N-dealkylation sites (tertiary alicyclic amines) is 1. The van der Waals surface area contributed by atoms with Gasteiger partial charge in [0.2, 0.25) is 11.7 Å². The Morgan fingerprint density at radius 3 is 2.50 bits per heavy atom. The number of hydrogen-bond donors (Lipinski definition) is 1. The van der Waals surface area contributed by atoms with Gasteiger partial charge in [0.15, 0.2) is 0 Å². The molecule has 0 atom stereocenters. The molecule has 1 aliphatic rings. The summed E-state index contributed by atoms with van der Waals surface area (Å²) in [5.41, 5.74) is 1.44. The Morgan fingerprint density at radius 1 is 1.03 bits per heavy atom. The molecule has 0 aliphatic carbocycles. The molecule has 2 aromatic carbocycles. The Kier molecular flexibility index (Phi) is 6.44. The zero-order valence-corrected chi connectivity index (χ0v) is 18.3. The minimum atomic E-state index is -0.172. The van der Waals surface area contributed by atoms with E-state index in [2.05, 4.69) is 15.5 Å². The Bertz CT molecular complexity index is 1080. The molecule has 4 rings (SSSR count). The van der Waals surface area contributed by atoms with Crippen LogP contribution in [0, 0.1) is 0 Å². The van der Waals surface area contributed by atoms with Crippen molar-refractivity contribution in [3.05, 3.63) is 48.4 Å². The quantitative estimate of drug-likeness (QED) is 0.616. The predicted molar refractivity (Wildman–Crippen MR) is 118 cm³/mol. The molecule has 1 aliphatic heterocycles. The number of piperidine rings is 1. The molecule has 1 aromatic heterocycles. The van der Waals surface area contributed by atoms with E-state index >= 15 is 0 Å². The maximum absolute atomic E-state index is 12.7. The second-order valence-corrected chi connectivity index (χ2v) is 7.45. The van der Waals surface area contributed by atoms with Crippen molar-refractivity contribution >= 4 is 11.7 Å². The lowest BCUT2D eigenvalue weighted by molar-refractivity contribution is 0.187. The van der Waals surface area contributed by atoms with Crippen molar-refractivity contribution in [2.45, 2.75) is 18.8 Å². The number of urea groups is 1. The first kappa shape index (κ1) is 21.5. The molecule has 0 spiro atoms. The lowest BCUT2D eigenvalue weighted by atomic mass is 9.97. The molecule has 2 heterocycles. The molecule has 3 aromatic rings. The highest BCUT2D eigenvalue weighted by molar-refractivity contribution is 5.91. The summed E-state index contributed by atoms with van der Waals surface area (Å²) in [6.45, 7) is 1.18. The van der Waals surface area contributed by atoms with Crippen LogP contribution in [0.25, 0.3) is 11.4 Å². The van der Waals surface area contributed by atoms with Crippen LogP contribution < -0.4 is 19.5 Å². The van der Waals surface area contributed by atoms with E-state index in [4.69, 9.17) is 18.7 Å². The van der Waals surface area contributed by atoms with Crippen LogP contribution in [0.1, 0.15) is 24.7 Å². The third kappa shape index (κ3) is 4.61. The van der Waals surface area contributed by atoms with E-state index in [0.29, 0.717) is 42.0 Å². The number of carbonyl (C=O) groups excluding carboxylic acids is 1. The predicted octanol–water partition coefficient (Wildman–Crippen LogP) is 4.17. The molecule has 0 saturated carbocycles. The third-order valence-corrected chi connectivity index (χ3v) is 5.55. The van der Waals surface area contributed by atoms with Gasteiger partial charge in [-0.1, -0.05) is 17.3 Å². The monoisotopic (exact) mass is 438 g/mol. The highest BCUT2D eigenvalue weighted by atomic mass is 16.5. The van der Waals surface area contributed by atoms with Crippen LogP contribution >= 0.6 is 0 Å². The second kappa shape index (κ2) is 9.59. The first-order valence-corrected chi connectivity index (χ1v) is 10.4. The molecule has 1 fully saturated rings. The molecule has 1 N–H and O–H groups in total. The van der Waals surface area contributed by atoms with E-state index in [1.54, 1.807) is 44.4 Å². The topological polar surface area (TPSA) is 99.0 Å². The molecule has 168 valence electrons. The minimum Gasteiger partial charge on any atom is -0.497 e. The Labute approximate surface area is 186 Å². The number of nitrogens with one attached hydrogen (secondary N) is 1. The number of ether oxygens (including phenoxy) is 3. The number of hydrogen-bond acceptors (Lipinski definition) is 7. The molecule has 0 unspecified atom stereocenters. The SMILES string of the molecule is COc1cccc(-c2noc(C3CCN(C(=O)Nc4ccc(OC)cc4OC)CC3)n2)c1. The van der Waals surface area contributed by atoms with Gasteiger partial charge in [-0.2, -0.15) is 4.98 Å². The van der Waals surface area contributed by atoms with Crippen LogP contribution in [0.5, 0.6) is 17.2 Å². The average Bonchev–Trinajstić information content (AvgIpc) is 3.35. The molecular formula is C23H26N4O5. The van der Waals surface area contributed by atoms with Crippen molar-refractivity contribution in [1.29, 1.82) is 0 Å². The number of benzene rings is 2. The summed E-state index contributed by atoms with van der Waals surface area (Å²) >= 11 is 0. The summed E-state index contributed by atoms with van der Waals surface area (Å²) in [6.07, 6.45) is 1.49. The number of aromatic nitrogens is 2. The van der Waals surface area contributed by atoms with Crippen LogP contribution in [0.4, 0.5) is 10.5 Å². The summed E-state index contributed by atoms with van der Waals surface area (Å²) in [5, 5.41) is 7.04. The smallest absolute Gasteiger partial charge is 0.321 e. The zero-order chi connectivity index (χ0) is 22.5. The first-order chi connectivity index (χ1) is 15.6. The van der Waals surface area contributed by atoms with Gasteiger partial charge in [0, 0.05) is 30.6 Å².